The van der Waals surface area contributed by atoms with Crippen LogP contribution in [-0.4, -0.2) is 55.2 Å². The van der Waals surface area contributed by atoms with Crippen molar-refractivity contribution in [3.8, 4) is 0 Å². The molecule has 0 bridgehead atoms. The van der Waals surface area contributed by atoms with E-state index in [1.165, 1.54) is 17.8 Å². The summed E-state index contributed by atoms with van der Waals surface area (Å²) in [6, 6.07) is 0. The Morgan fingerprint density at radius 1 is 1.15 bits per heavy atom. The van der Waals surface area contributed by atoms with E-state index in [0.29, 0.717) is 23.9 Å². The average Bonchev–Trinajstić information content (AvgIpc) is 2.90. The zero-order valence-electron chi connectivity index (χ0n) is 11.5. The number of carbonyl (C=O) groups excluding carboxylic acids is 1. The van der Waals surface area contributed by atoms with Gasteiger partial charge >= 0.3 is 0 Å². The molecule has 1 aromatic rings. The zero-order valence-corrected chi connectivity index (χ0v) is 12.3. The Kier molecular flexibility index (Phi) is 4.07. The molecule has 0 aromatic carbocycles. The number of nitrogens with zero attached hydrogens (tertiary/aromatic N) is 3. The van der Waals surface area contributed by atoms with Crippen molar-refractivity contribution in [3.63, 3.8) is 0 Å². The normalized spacial score (nSPS) is 20.2. The van der Waals surface area contributed by atoms with Crippen LogP contribution in [0.1, 0.15) is 28.9 Å². The van der Waals surface area contributed by atoms with Crippen molar-refractivity contribution in [2.75, 3.05) is 50.0 Å². The molecule has 0 radical (unpaired) electrons. The topological polar surface area (TPSA) is 71.7 Å². The number of ether oxygens (including phenoxy) is 1. The van der Waals surface area contributed by atoms with Crippen LogP contribution in [0, 0.1) is 0 Å². The number of morpholine rings is 1. The summed E-state index contributed by atoms with van der Waals surface area (Å²) in [5, 5.41) is 0.839. The molecule has 1 amide bonds. The van der Waals surface area contributed by atoms with Crippen LogP contribution < -0.4 is 10.6 Å². The molecule has 0 saturated carbocycles. The van der Waals surface area contributed by atoms with E-state index in [2.05, 4.69) is 9.88 Å². The summed E-state index contributed by atoms with van der Waals surface area (Å²) in [4.78, 5) is 21.5. The lowest BCUT2D eigenvalue weighted by molar-refractivity contribution is 0.0730. The van der Waals surface area contributed by atoms with Gasteiger partial charge in [-0.1, -0.05) is 11.3 Å². The monoisotopic (exact) mass is 296 g/mol. The summed E-state index contributed by atoms with van der Waals surface area (Å²) in [5.41, 5.74) is 5.95. The van der Waals surface area contributed by atoms with Crippen molar-refractivity contribution in [1.82, 2.24) is 9.88 Å². The van der Waals surface area contributed by atoms with Crippen LogP contribution in [-0.2, 0) is 4.74 Å². The van der Waals surface area contributed by atoms with E-state index >= 15 is 0 Å². The highest BCUT2D eigenvalue weighted by Gasteiger charge is 2.25. The number of anilines is 2. The highest BCUT2D eigenvalue weighted by Crippen LogP contribution is 2.30. The van der Waals surface area contributed by atoms with E-state index in [4.69, 9.17) is 10.5 Å². The van der Waals surface area contributed by atoms with Crippen LogP contribution in [0.15, 0.2) is 0 Å². The second kappa shape index (κ2) is 5.97. The van der Waals surface area contributed by atoms with Crippen LogP contribution in [0.3, 0.4) is 0 Å². The summed E-state index contributed by atoms with van der Waals surface area (Å²) in [6.45, 7) is 4.70. The number of hydrogen-bond donors (Lipinski definition) is 1. The number of carbonyl (C=O) groups is 1. The van der Waals surface area contributed by atoms with Gasteiger partial charge in [0, 0.05) is 26.2 Å². The number of rotatable bonds is 2. The molecule has 20 heavy (non-hydrogen) atoms. The second-order valence-corrected chi connectivity index (χ2v) is 6.14. The van der Waals surface area contributed by atoms with Crippen LogP contribution in [0.2, 0.25) is 0 Å². The van der Waals surface area contributed by atoms with E-state index in [1.54, 1.807) is 0 Å². The van der Waals surface area contributed by atoms with Gasteiger partial charge < -0.3 is 20.3 Å². The van der Waals surface area contributed by atoms with Crippen molar-refractivity contribution in [1.29, 1.82) is 0 Å². The fraction of sp³-hybridized carbons (Fsp3) is 0.692. The number of amides is 1. The Hall–Kier alpha value is -1.34. The summed E-state index contributed by atoms with van der Waals surface area (Å²) in [5.74, 6) is 0.409. The number of nitrogens with two attached hydrogens (primary N) is 1. The Morgan fingerprint density at radius 2 is 1.85 bits per heavy atom. The number of hydrogen-bond acceptors (Lipinski definition) is 6. The molecule has 0 spiro atoms. The van der Waals surface area contributed by atoms with Gasteiger partial charge in [-0.25, -0.2) is 4.98 Å². The lowest BCUT2D eigenvalue weighted by Gasteiger charge is -2.26. The van der Waals surface area contributed by atoms with Crippen LogP contribution in [0.5, 0.6) is 0 Å². The molecule has 2 aliphatic heterocycles. The van der Waals surface area contributed by atoms with E-state index in [0.717, 1.165) is 44.2 Å². The third-order valence-electron chi connectivity index (χ3n) is 3.76. The Balaban J connectivity index is 1.75. The molecule has 2 fully saturated rings. The number of piperidine rings is 1. The maximum absolute atomic E-state index is 12.5. The summed E-state index contributed by atoms with van der Waals surface area (Å²) < 4.78 is 5.33. The van der Waals surface area contributed by atoms with Crippen molar-refractivity contribution < 1.29 is 9.53 Å². The highest BCUT2D eigenvalue weighted by molar-refractivity contribution is 7.18. The Bertz CT molecular complexity index is 479. The molecular weight excluding hydrogens is 276 g/mol. The first-order chi connectivity index (χ1) is 9.75. The molecule has 110 valence electrons. The highest BCUT2D eigenvalue weighted by atomic mass is 32.1. The van der Waals surface area contributed by atoms with Crippen molar-refractivity contribution in [2.24, 2.45) is 0 Å². The van der Waals surface area contributed by atoms with Gasteiger partial charge in [0.15, 0.2) is 5.13 Å². The molecule has 0 atom stereocenters. The van der Waals surface area contributed by atoms with Crippen molar-refractivity contribution in [3.05, 3.63) is 4.88 Å². The molecule has 0 aliphatic carbocycles. The van der Waals surface area contributed by atoms with E-state index in [9.17, 15) is 4.79 Å². The molecule has 2 aliphatic rings. The Morgan fingerprint density at radius 3 is 2.55 bits per heavy atom. The molecule has 3 heterocycles. The maximum Gasteiger partial charge on any atom is 0.267 e. The Labute approximate surface area is 122 Å². The predicted octanol–water partition coefficient (Wildman–Crippen LogP) is 1.19. The largest absolute Gasteiger partial charge is 0.382 e. The molecule has 2 N–H and O–H groups in total. The minimum Gasteiger partial charge on any atom is -0.382 e. The number of thiazole rings is 1. The van der Waals surface area contributed by atoms with Gasteiger partial charge in [-0.15, -0.1) is 0 Å². The average molecular weight is 296 g/mol. The number of nitrogen functional groups attached to an aromatic ring is 1. The first-order valence-electron chi connectivity index (χ1n) is 7.14. The van der Waals surface area contributed by atoms with Crippen molar-refractivity contribution in [2.45, 2.75) is 19.3 Å². The van der Waals surface area contributed by atoms with Gasteiger partial charge in [-0.3, -0.25) is 4.79 Å². The van der Waals surface area contributed by atoms with Crippen molar-refractivity contribution >= 4 is 28.2 Å². The van der Waals surface area contributed by atoms with E-state index < -0.39 is 0 Å². The van der Waals surface area contributed by atoms with Gasteiger partial charge in [0.2, 0.25) is 0 Å². The summed E-state index contributed by atoms with van der Waals surface area (Å²) in [6.07, 6.45) is 3.38. The van der Waals surface area contributed by atoms with Crippen LogP contribution in [0.25, 0.3) is 0 Å². The third-order valence-corrected chi connectivity index (χ3v) is 4.88. The molecule has 2 saturated heterocycles. The first-order valence-corrected chi connectivity index (χ1v) is 7.95. The summed E-state index contributed by atoms with van der Waals surface area (Å²) in [7, 11) is 0. The lowest BCUT2D eigenvalue weighted by atomic mass is 10.1. The van der Waals surface area contributed by atoms with Gasteiger partial charge in [0.25, 0.3) is 5.91 Å². The van der Waals surface area contributed by atoms with Gasteiger partial charge in [0.05, 0.1) is 13.2 Å². The van der Waals surface area contributed by atoms with Gasteiger partial charge in [-0.05, 0) is 19.3 Å². The summed E-state index contributed by atoms with van der Waals surface area (Å²) >= 11 is 1.41. The standard InChI is InChI=1S/C13H20N4O2S/c14-11-10(12(18)16-4-2-1-3-5-16)20-13(15-11)17-6-8-19-9-7-17/h1-9,14H2. The molecule has 3 rings (SSSR count). The molecule has 1 aromatic heterocycles. The molecular formula is C13H20N4O2S. The van der Waals surface area contributed by atoms with Gasteiger partial charge in [0.1, 0.15) is 10.7 Å². The lowest BCUT2D eigenvalue weighted by Crippen LogP contribution is -2.36. The fourth-order valence-electron chi connectivity index (χ4n) is 2.60. The molecule has 7 heteroatoms. The predicted molar refractivity (Wildman–Crippen MR) is 79.3 cm³/mol. The number of aromatic nitrogens is 1. The number of likely N-dealkylation sites (tertiary alicyclic amines) is 1. The van der Waals surface area contributed by atoms with Crippen LogP contribution >= 0.6 is 11.3 Å². The second-order valence-electron chi connectivity index (χ2n) is 5.16. The van der Waals surface area contributed by atoms with Crippen LogP contribution in [0.4, 0.5) is 10.9 Å². The molecule has 6 nitrogen and oxygen atoms in total. The van der Waals surface area contributed by atoms with E-state index in [-0.39, 0.29) is 5.91 Å². The molecule has 0 unspecified atom stereocenters. The fourth-order valence-corrected chi connectivity index (χ4v) is 3.61. The minimum absolute atomic E-state index is 0.0409. The minimum atomic E-state index is 0.0409. The SMILES string of the molecule is Nc1nc(N2CCOCC2)sc1C(=O)N1CCCCC1. The quantitative estimate of drug-likeness (QED) is 0.887. The van der Waals surface area contributed by atoms with E-state index in [1.807, 2.05) is 4.90 Å². The van der Waals surface area contributed by atoms with Gasteiger partial charge in [-0.2, -0.15) is 0 Å². The zero-order chi connectivity index (χ0) is 13.9. The third kappa shape index (κ3) is 2.73. The first kappa shape index (κ1) is 13.6. The maximum atomic E-state index is 12.5. The smallest absolute Gasteiger partial charge is 0.267 e.